The van der Waals surface area contributed by atoms with Gasteiger partial charge in [-0.3, -0.25) is 14.4 Å². The first-order valence-electron chi connectivity index (χ1n) is 10.3. The Morgan fingerprint density at radius 1 is 1.09 bits per heavy atom. The number of amides is 3. The maximum absolute atomic E-state index is 13.1. The quantitative estimate of drug-likeness (QED) is 0.383. The Bertz CT molecular complexity index is 1350. The van der Waals surface area contributed by atoms with Crippen LogP contribution in [-0.2, 0) is 16.1 Å². The van der Waals surface area contributed by atoms with Crippen LogP contribution in [0.4, 0.5) is 11.4 Å². The minimum absolute atomic E-state index is 0.0294. The number of anilines is 1. The highest BCUT2D eigenvalue weighted by molar-refractivity contribution is 8.16. The van der Waals surface area contributed by atoms with Crippen molar-refractivity contribution >= 4 is 57.5 Å². The van der Waals surface area contributed by atoms with Gasteiger partial charge in [0.15, 0.2) is 0 Å². The minimum atomic E-state index is -0.974. The molecule has 1 aliphatic heterocycles. The summed E-state index contributed by atoms with van der Waals surface area (Å²) in [5.74, 6) is -1.19. The fourth-order valence-corrected chi connectivity index (χ4v) is 4.64. The van der Waals surface area contributed by atoms with Crippen molar-refractivity contribution in [1.29, 1.82) is 0 Å². The predicted octanol–water partition coefficient (Wildman–Crippen LogP) is 3.35. The number of hydrogen-bond acceptors (Lipinski definition) is 7. The van der Waals surface area contributed by atoms with Crippen molar-refractivity contribution in [1.82, 2.24) is 5.32 Å². The predicted molar refractivity (Wildman–Crippen MR) is 135 cm³/mol. The molecular weight excluding hydrogens is 490 g/mol. The van der Waals surface area contributed by atoms with Crippen LogP contribution in [0.25, 0.3) is 0 Å². The highest BCUT2D eigenvalue weighted by Crippen LogP contribution is 2.36. The van der Waals surface area contributed by atoms with Crippen molar-refractivity contribution in [2.45, 2.75) is 11.8 Å². The van der Waals surface area contributed by atoms with Crippen molar-refractivity contribution in [3.8, 4) is 0 Å². The third-order valence-corrected chi connectivity index (χ3v) is 6.43. The molecule has 0 saturated heterocycles. The summed E-state index contributed by atoms with van der Waals surface area (Å²) >= 11 is 7.09. The maximum atomic E-state index is 13.1. The lowest BCUT2D eigenvalue weighted by Gasteiger charge is -2.13. The van der Waals surface area contributed by atoms with Gasteiger partial charge in [-0.1, -0.05) is 41.6 Å². The van der Waals surface area contributed by atoms with Crippen LogP contribution in [0.1, 0.15) is 16.1 Å². The van der Waals surface area contributed by atoms with Gasteiger partial charge >= 0.3 is 0 Å². The normalized spacial score (nSPS) is 16.4. The largest absolute Gasteiger partial charge is 0.467 e. The molecule has 0 bridgehead atoms. The Morgan fingerprint density at radius 3 is 2.60 bits per heavy atom. The summed E-state index contributed by atoms with van der Waals surface area (Å²) in [5.41, 5.74) is 12.7. The standard InChI is InChI=1S/C24H20ClN5O4S/c25-13-5-3-6-14(11-13)29-24-18(22(32)28-12-15-7-4-10-34-15)19(26)20(35-24)23(33)30-17-9-2-1-8-16(17)21(27)31/h1-11,20H,12,26H2,(H2,27,31)(H,28,32)(H,30,33). The molecule has 1 atom stereocenters. The molecule has 1 aromatic heterocycles. The Kier molecular flexibility index (Phi) is 7.23. The molecular formula is C24H20ClN5O4S. The molecule has 3 amide bonds. The first-order chi connectivity index (χ1) is 16.8. The second-order valence-electron chi connectivity index (χ2n) is 7.39. The lowest BCUT2D eigenvalue weighted by Crippen LogP contribution is -2.31. The molecule has 2 aromatic carbocycles. The molecule has 9 nitrogen and oxygen atoms in total. The number of thioether (sulfide) groups is 1. The van der Waals surface area contributed by atoms with Crippen molar-refractivity contribution in [3.63, 3.8) is 0 Å². The summed E-state index contributed by atoms with van der Waals surface area (Å²) in [6, 6.07) is 16.5. The third kappa shape index (κ3) is 5.56. The first-order valence-corrected chi connectivity index (χ1v) is 11.6. The van der Waals surface area contributed by atoms with Gasteiger partial charge in [-0.2, -0.15) is 0 Å². The van der Waals surface area contributed by atoms with Crippen LogP contribution in [0.5, 0.6) is 0 Å². The van der Waals surface area contributed by atoms with Gasteiger partial charge in [0.1, 0.15) is 16.1 Å². The molecule has 6 N–H and O–H groups in total. The van der Waals surface area contributed by atoms with Crippen molar-refractivity contribution in [2.24, 2.45) is 16.5 Å². The number of halogens is 1. The molecule has 1 aliphatic rings. The van der Waals surface area contributed by atoms with Gasteiger partial charge in [0.25, 0.3) is 11.8 Å². The van der Waals surface area contributed by atoms with Gasteiger partial charge in [0, 0.05) is 10.7 Å². The highest BCUT2D eigenvalue weighted by atomic mass is 35.5. The van der Waals surface area contributed by atoms with Gasteiger partial charge in [0.2, 0.25) is 5.91 Å². The summed E-state index contributed by atoms with van der Waals surface area (Å²) in [7, 11) is 0. The van der Waals surface area contributed by atoms with Gasteiger partial charge in [-0.05, 0) is 42.5 Å². The monoisotopic (exact) mass is 509 g/mol. The van der Waals surface area contributed by atoms with Crippen LogP contribution in [0.2, 0.25) is 5.02 Å². The van der Waals surface area contributed by atoms with Crippen molar-refractivity contribution < 1.29 is 18.8 Å². The van der Waals surface area contributed by atoms with E-state index < -0.39 is 23.0 Å². The average molecular weight is 510 g/mol. The van der Waals surface area contributed by atoms with Gasteiger partial charge in [-0.25, -0.2) is 4.99 Å². The van der Waals surface area contributed by atoms with E-state index in [0.717, 1.165) is 11.8 Å². The number of furan rings is 1. The van der Waals surface area contributed by atoms with Crippen molar-refractivity contribution in [3.05, 3.63) is 94.5 Å². The van der Waals surface area contributed by atoms with E-state index in [1.54, 1.807) is 54.6 Å². The number of primary amides is 1. The SMILES string of the molecule is NC(=O)c1ccccc1NC(=O)C1SC(=Nc2cccc(Cl)c2)C(C(=O)NCc2ccco2)=C1N. The number of aliphatic imine (C=N–C) groups is 1. The topological polar surface area (TPSA) is 153 Å². The summed E-state index contributed by atoms with van der Waals surface area (Å²) in [4.78, 5) is 42.5. The van der Waals surface area contributed by atoms with E-state index in [-0.39, 0.29) is 34.1 Å². The second kappa shape index (κ2) is 10.5. The molecule has 2 heterocycles. The Balaban J connectivity index is 1.64. The lowest BCUT2D eigenvalue weighted by atomic mass is 10.1. The molecule has 0 saturated carbocycles. The zero-order valence-electron chi connectivity index (χ0n) is 18.2. The van der Waals surface area contributed by atoms with E-state index in [1.165, 1.54) is 12.3 Å². The van der Waals surface area contributed by atoms with E-state index >= 15 is 0 Å². The number of benzene rings is 2. The number of carbonyl (C=O) groups excluding carboxylic acids is 3. The Labute approximate surface area is 209 Å². The number of carbonyl (C=O) groups is 3. The summed E-state index contributed by atoms with van der Waals surface area (Å²) in [6.45, 7) is 0.126. The summed E-state index contributed by atoms with van der Waals surface area (Å²) in [6.07, 6.45) is 1.50. The fraction of sp³-hybridized carbons (Fsp3) is 0.0833. The maximum Gasteiger partial charge on any atom is 0.256 e. The Morgan fingerprint density at radius 2 is 1.89 bits per heavy atom. The molecule has 178 valence electrons. The van der Waals surface area contributed by atoms with Gasteiger partial charge < -0.3 is 26.5 Å². The minimum Gasteiger partial charge on any atom is -0.467 e. The fourth-order valence-electron chi connectivity index (χ4n) is 3.33. The first kappa shape index (κ1) is 24.1. The highest BCUT2D eigenvalue weighted by Gasteiger charge is 2.38. The zero-order valence-corrected chi connectivity index (χ0v) is 19.7. The van der Waals surface area contributed by atoms with E-state index in [1.807, 2.05) is 0 Å². The van der Waals surface area contributed by atoms with Crippen LogP contribution in [0, 0.1) is 0 Å². The lowest BCUT2D eigenvalue weighted by molar-refractivity contribution is -0.117. The number of para-hydroxylation sites is 1. The molecule has 3 aromatic rings. The number of nitrogens with zero attached hydrogens (tertiary/aromatic N) is 1. The number of hydrogen-bond donors (Lipinski definition) is 4. The van der Waals surface area contributed by atoms with Crippen LogP contribution in [-0.4, -0.2) is 28.0 Å². The Hall–Kier alpha value is -4.02. The zero-order chi connectivity index (χ0) is 24.9. The average Bonchev–Trinajstić information content (AvgIpc) is 3.45. The molecule has 1 unspecified atom stereocenters. The molecule has 0 fully saturated rings. The number of rotatable bonds is 7. The molecule has 0 spiro atoms. The van der Waals surface area contributed by atoms with Gasteiger partial charge in [-0.15, -0.1) is 0 Å². The second-order valence-corrected chi connectivity index (χ2v) is 8.92. The van der Waals surface area contributed by atoms with Crippen LogP contribution in [0.3, 0.4) is 0 Å². The smallest absolute Gasteiger partial charge is 0.256 e. The van der Waals surface area contributed by atoms with Crippen LogP contribution < -0.4 is 22.1 Å². The van der Waals surface area contributed by atoms with E-state index in [4.69, 9.17) is 27.5 Å². The molecule has 0 radical (unpaired) electrons. The van der Waals surface area contributed by atoms with Crippen molar-refractivity contribution in [2.75, 3.05) is 5.32 Å². The molecule has 4 rings (SSSR count). The molecule has 0 aliphatic carbocycles. The van der Waals surface area contributed by atoms with Crippen LogP contribution >= 0.6 is 23.4 Å². The number of nitrogens with one attached hydrogen (secondary N) is 2. The van der Waals surface area contributed by atoms with Crippen LogP contribution in [0.15, 0.2) is 87.6 Å². The summed E-state index contributed by atoms with van der Waals surface area (Å²) in [5, 5.41) is 5.15. The van der Waals surface area contributed by atoms with E-state index in [9.17, 15) is 14.4 Å². The third-order valence-electron chi connectivity index (χ3n) is 4.97. The molecule has 35 heavy (non-hydrogen) atoms. The van der Waals surface area contributed by atoms with Gasteiger partial charge in [0.05, 0.1) is 35.3 Å². The molecule has 11 heteroatoms. The summed E-state index contributed by atoms with van der Waals surface area (Å²) < 4.78 is 5.25. The van der Waals surface area contributed by atoms with E-state index in [0.29, 0.717) is 16.5 Å². The number of nitrogens with two attached hydrogens (primary N) is 2. The van der Waals surface area contributed by atoms with E-state index in [2.05, 4.69) is 15.6 Å².